The summed E-state index contributed by atoms with van der Waals surface area (Å²) in [6.07, 6.45) is 3.26. The average Bonchev–Trinajstić information content (AvgIpc) is 3.08. The third kappa shape index (κ3) is 5.06. The van der Waals surface area contributed by atoms with Crippen molar-refractivity contribution < 1.29 is 9.53 Å². The third-order valence-corrected chi connectivity index (χ3v) is 3.84. The van der Waals surface area contributed by atoms with Crippen molar-refractivity contribution in [1.29, 1.82) is 0 Å². The lowest BCUT2D eigenvalue weighted by Crippen LogP contribution is -2.17. The summed E-state index contributed by atoms with van der Waals surface area (Å²) in [6, 6.07) is 19.2. The van der Waals surface area contributed by atoms with Crippen LogP contribution in [0, 0.1) is 0 Å². The lowest BCUT2D eigenvalue weighted by atomic mass is 10.2. The van der Waals surface area contributed by atoms with Gasteiger partial charge >= 0.3 is 0 Å². The highest BCUT2D eigenvalue weighted by Gasteiger charge is 2.05. The minimum atomic E-state index is -0.307. The van der Waals surface area contributed by atoms with E-state index in [1.807, 2.05) is 54.6 Å². The summed E-state index contributed by atoms with van der Waals surface area (Å²) in [4.78, 5) is 14.7. The summed E-state index contributed by atoms with van der Waals surface area (Å²) in [5, 5.41) is 3.97. The minimum Gasteiger partial charge on any atom is -0.489 e. The largest absolute Gasteiger partial charge is 0.489 e. The number of carbonyl (C=O) groups excluding carboxylic acids is 1. The van der Waals surface area contributed by atoms with Gasteiger partial charge in [0.25, 0.3) is 5.91 Å². The van der Waals surface area contributed by atoms with Gasteiger partial charge in [-0.2, -0.15) is 5.10 Å². The second kappa shape index (κ2) is 8.30. The van der Waals surface area contributed by atoms with Crippen molar-refractivity contribution in [1.82, 2.24) is 10.4 Å². The maximum absolute atomic E-state index is 11.9. The van der Waals surface area contributed by atoms with Crippen LogP contribution in [0.3, 0.4) is 0 Å². The Hall–Kier alpha value is -2.86. The molecule has 0 saturated heterocycles. The van der Waals surface area contributed by atoms with Crippen molar-refractivity contribution in [2.45, 2.75) is 6.61 Å². The molecule has 2 N–H and O–H groups in total. The highest BCUT2D eigenvalue weighted by atomic mass is 79.9. The van der Waals surface area contributed by atoms with Crippen LogP contribution in [-0.2, 0) is 6.61 Å². The van der Waals surface area contributed by atoms with Crippen LogP contribution in [0.2, 0.25) is 0 Å². The van der Waals surface area contributed by atoms with Crippen LogP contribution in [0.1, 0.15) is 21.6 Å². The molecular formula is C19H16BrN3O2. The van der Waals surface area contributed by atoms with E-state index in [9.17, 15) is 4.79 Å². The third-order valence-electron chi connectivity index (χ3n) is 3.38. The molecule has 1 amide bonds. The Morgan fingerprint density at radius 3 is 2.76 bits per heavy atom. The maximum atomic E-state index is 11.9. The van der Waals surface area contributed by atoms with Gasteiger partial charge in [0.15, 0.2) is 0 Å². The molecule has 5 nitrogen and oxygen atoms in total. The van der Waals surface area contributed by atoms with E-state index < -0.39 is 0 Å². The Morgan fingerprint density at radius 1 is 1.16 bits per heavy atom. The van der Waals surface area contributed by atoms with Crippen LogP contribution >= 0.6 is 15.9 Å². The molecule has 0 atom stereocenters. The van der Waals surface area contributed by atoms with E-state index in [1.54, 1.807) is 18.5 Å². The summed E-state index contributed by atoms with van der Waals surface area (Å²) in [5.41, 5.74) is 4.84. The maximum Gasteiger partial charge on any atom is 0.287 e. The van der Waals surface area contributed by atoms with E-state index in [1.165, 1.54) is 0 Å². The number of H-pyrrole nitrogens is 1. The predicted molar refractivity (Wildman–Crippen MR) is 101 cm³/mol. The molecule has 0 unspecified atom stereocenters. The molecule has 6 heteroatoms. The molecule has 1 heterocycles. The van der Waals surface area contributed by atoms with Crippen LogP contribution in [-0.4, -0.2) is 17.1 Å². The van der Waals surface area contributed by atoms with E-state index >= 15 is 0 Å². The number of hydrogen-bond acceptors (Lipinski definition) is 3. The molecule has 0 aliphatic carbocycles. The first-order valence-electron chi connectivity index (χ1n) is 7.65. The minimum absolute atomic E-state index is 0.307. The molecule has 0 saturated carbocycles. The zero-order valence-electron chi connectivity index (χ0n) is 13.3. The fourth-order valence-electron chi connectivity index (χ4n) is 2.15. The summed E-state index contributed by atoms with van der Waals surface area (Å²) >= 11 is 3.28. The fourth-order valence-corrected chi connectivity index (χ4v) is 2.49. The normalized spacial score (nSPS) is 10.8. The number of aromatic amines is 1. The molecular weight excluding hydrogens is 382 g/mol. The molecule has 0 fully saturated rings. The molecule has 3 rings (SSSR count). The molecule has 1 aromatic heterocycles. The first-order chi connectivity index (χ1) is 12.2. The number of rotatable bonds is 6. The summed E-state index contributed by atoms with van der Waals surface area (Å²) in [5.74, 6) is 0.436. The molecule has 2 aromatic carbocycles. The van der Waals surface area contributed by atoms with E-state index in [4.69, 9.17) is 4.74 Å². The second-order valence-electron chi connectivity index (χ2n) is 5.28. The van der Waals surface area contributed by atoms with Gasteiger partial charge in [-0.1, -0.05) is 42.5 Å². The number of hydrogen-bond donors (Lipinski definition) is 2. The van der Waals surface area contributed by atoms with Crippen molar-refractivity contribution >= 4 is 28.1 Å². The van der Waals surface area contributed by atoms with E-state index in [0.29, 0.717) is 12.3 Å². The Kier molecular flexibility index (Phi) is 5.64. The molecule has 0 spiro atoms. The van der Waals surface area contributed by atoms with Crippen LogP contribution in [0.15, 0.2) is 76.4 Å². The first kappa shape index (κ1) is 17.0. The number of ether oxygens (including phenoxy) is 1. The number of aromatic nitrogens is 1. The zero-order chi connectivity index (χ0) is 17.5. The molecule has 126 valence electrons. The molecule has 0 aliphatic heterocycles. The standard InChI is InChI=1S/C19H16BrN3O2/c20-16-10-18(21-12-16)19(24)23-22-11-15-7-4-8-17(9-15)25-13-14-5-2-1-3-6-14/h1-12,21H,13H2,(H,23,24)/b22-11-. The van der Waals surface area contributed by atoms with Crippen LogP contribution in [0.4, 0.5) is 0 Å². The van der Waals surface area contributed by atoms with Crippen molar-refractivity contribution in [3.05, 3.63) is 88.2 Å². The topological polar surface area (TPSA) is 66.5 Å². The van der Waals surface area contributed by atoms with E-state index in [0.717, 1.165) is 21.3 Å². The number of halogens is 1. The van der Waals surface area contributed by atoms with Gasteiger partial charge in [-0.15, -0.1) is 0 Å². The van der Waals surface area contributed by atoms with Gasteiger partial charge in [0.05, 0.1) is 6.21 Å². The molecule has 3 aromatic rings. The van der Waals surface area contributed by atoms with Gasteiger partial charge in [-0.05, 0) is 45.3 Å². The van der Waals surface area contributed by atoms with Gasteiger partial charge in [0.2, 0.25) is 0 Å². The summed E-state index contributed by atoms with van der Waals surface area (Å²) in [6.45, 7) is 0.500. The number of nitrogens with one attached hydrogen (secondary N) is 2. The van der Waals surface area contributed by atoms with Gasteiger partial charge in [-0.3, -0.25) is 4.79 Å². The summed E-state index contributed by atoms with van der Waals surface area (Å²) in [7, 11) is 0. The highest BCUT2D eigenvalue weighted by molar-refractivity contribution is 9.10. The molecule has 25 heavy (non-hydrogen) atoms. The lowest BCUT2D eigenvalue weighted by Gasteiger charge is -2.06. The molecule has 0 aliphatic rings. The van der Waals surface area contributed by atoms with E-state index in [-0.39, 0.29) is 5.91 Å². The van der Waals surface area contributed by atoms with Gasteiger partial charge in [0, 0.05) is 10.7 Å². The van der Waals surface area contributed by atoms with Crippen molar-refractivity contribution in [3.8, 4) is 5.75 Å². The highest BCUT2D eigenvalue weighted by Crippen LogP contribution is 2.14. The number of hydrazone groups is 1. The van der Waals surface area contributed by atoms with E-state index in [2.05, 4.69) is 31.4 Å². The van der Waals surface area contributed by atoms with Gasteiger partial charge in [0.1, 0.15) is 18.1 Å². The smallest absolute Gasteiger partial charge is 0.287 e. The SMILES string of the molecule is O=C(N/N=C\c1cccc(OCc2ccccc2)c1)c1cc(Br)c[nH]1. The van der Waals surface area contributed by atoms with Crippen molar-refractivity contribution in [2.24, 2.45) is 5.10 Å². The fraction of sp³-hybridized carbons (Fsp3) is 0.0526. The predicted octanol–water partition coefficient (Wildman–Crippen LogP) is 4.12. The van der Waals surface area contributed by atoms with Crippen LogP contribution in [0.25, 0.3) is 0 Å². The van der Waals surface area contributed by atoms with Crippen LogP contribution in [0.5, 0.6) is 5.75 Å². The average molecular weight is 398 g/mol. The lowest BCUT2D eigenvalue weighted by molar-refractivity contribution is 0.0951. The first-order valence-corrected chi connectivity index (χ1v) is 8.44. The van der Waals surface area contributed by atoms with Crippen molar-refractivity contribution in [2.75, 3.05) is 0 Å². The quantitative estimate of drug-likeness (QED) is 0.485. The number of benzene rings is 2. The van der Waals surface area contributed by atoms with Gasteiger partial charge < -0.3 is 9.72 Å². The molecule has 0 bridgehead atoms. The number of amides is 1. The Balaban J connectivity index is 1.56. The Labute approximate surface area is 153 Å². The Morgan fingerprint density at radius 2 is 2.00 bits per heavy atom. The Bertz CT molecular complexity index is 875. The number of nitrogens with zero attached hydrogens (tertiary/aromatic N) is 1. The monoisotopic (exact) mass is 397 g/mol. The number of carbonyl (C=O) groups is 1. The molecule has 0 radical (unpaired) electrons. The van der Waals surface area contributed by atoms with Gasteiger partial charge in [-0.25, -0.2) is 5.43 Å². The zero-order valence-corrected chi connectivity index (χ0v) is 14.9. The summed E-state index contributed by atoms with van der Waals surface area (Å²) < 4.78 is 6.58. The van der Waals surface area contributed by atoms with Crippen LogP contribution < -0.4 is 10.2 Å². The van der Waals surface area contributed by atoms with Crippen molar-refractivity contribution in [3.63, 3.8) is 0 Å². The second-order valence-corrected chi connectivity index (χ2v) is 6.19.